The summed E-state index contributed by atoms with van der Waals surface area (Å²) in [5.74, 6) is 2.01. The molecule has 2 aliphatic rings. The average molecular weight is 461 g/mol. The molecule has 1 aromatic heterocycles. The number of benzene rings is 2. The number of carbonyl (C=O) groups excluding carboxylic acids is 1. The van der Waals surface area contributed by atoms with Crippen molar-refractivity contribution >= 4 is 11.6 Å². The van der Waals surface area contributed by atoms with Crippen LogP contribution in [0.3, 0.4) is 0 Å². The highest BCUT2D eigenvalue weighted by molar-refractivity contribution is 5.95. The molecule has 1 saturated heterocycles. The highest BCUT2D eigenvalue weighted by atomic mass is 16.7. The van der Waals surface area contributed by atoms with Gasteiger partial charge in [-0.15, -0.1) is 0 Å². The molecule has 1 N–H and O–H groups in total. The van der Waals surface area contributed by atoms with E-state index < -0.39 is 0 Å². The lowest BCUT2D eigenvalue weighted by atomic mass is 10.1. The zero-order valence-electron chi connectivity index (χ0n) is 19.1. The Hall–Kier alpha value is -3.78. The monoisotopic (exact) mass is 460 g/mol. The summed E-state index contributed by atoms with van der Waals surface area (Å²) in [5.41, 5.74) is 2.74. The normalized spacial score (nSPS) is 16.2. The summed E-state index contributed by atoms with van der Waals surface area (Å²) in [6.07, 6.45) is 3.65. The number of fused-ring (bicyclic) bond motifs is 1. The standard InChI is InChI=1S/C26H28N4O4/c1-32-23-7-3-2-6-21(23)29-11-13-30(14-12-29)22(20-5-4-10-27-16-20)17-28-26(31)19-8-9-24-25(15-19)34-18-33-24/h2-10,15-16,22H,11-14,17-18H2,1H3,(H,28,31)/t22-/m0/s1. The first kappa shape index (κ1) is 22.0. The topological polar surface area (TPSA) is 76.2 Å². The van der Waals surface area contributed by atoms with Crippen LogP contribution in [0.15, 0.2) is 67.0 Å². The molecule has 2 aromatic carbocycles. The van der Waals surface area contributed by atoms with Crippen LogP contribution in [0.1, 0.15) is 22.0 Å². The van der Waals surface area contributed by atoms with Gasteiger partial charge in [-0.2, -0.15) is 0 Å². The van der Waals surface area contributed by atoms with Gasteiger partial charge in [0.2, 0.25) is 6.79 Å². The molecule has 0 saturated carbocycles. The molecule has 3 aromatic rings. The molecule has 0 spiro atoms. The first-order valence-electron chi connectivity index (χ1n) is 11.4. The van der Waals surface area contributed by atoms with E-state index in [9.17, 15) is 4.79 Å². The molecule has 176 valence electrons. The quantitative estimate of drug-likeness (QED) is 0.581. The van der Waals surface area contributed by atoms with E-state index in [2.05, 4.69) is 32.2 Å². The Balaban J connectivity index is 1.27. The third-order valence-corrected chi connectivity index (χ3v) is 6.34. The van der Waals surface area contributed by atoms with Gasteiger partial charge in [0.05, 0.1) is 18.8 Å². The summed E-state index contributed by atoms with van der Waals surface area (Å²) < 4.78 is 16.3. The zero-order chi connectivity index (χ0) is 23.3. The van der Waals surface area contributed by atoms with Crippen LogP contribution in [0, 0.1) is 0 Å². The fourth-order valence-corrected chi connectivity index (χ4v) is 4.53. The van der Waals surface area contributed by atoms with Crippen LogP contribution >= 0.6 is 0 Å². The van der Waals surface area contributed by atoms with Gasteiger partial charge in [-0.25, -0.2) is 0 Å². The van der Waals surface area contributed by atoms with Crippen molar-refractivity contribution in [2.75, 3.05) is 51.5 Å². The lowest BCUT2D eigenvalue weighted by molar-refractivity contribution is 0.0929. The van der Waals surface area contributed by atoms with Gasteiger partial charge in [-0.3, -0.25) is 14.7 Å². The van der Waals surface area contributed by atoms with Crippen molar-refractivity contribution in [2.45, 2.75) is 6.04 Å². The molecule has 5 rings (SSSR count). The predicted octanol–water partition coefficient (Wildman–Crippen LogP) is 3.11. The number of pyridine rings is 1. The molecule has 0 radical (unpaired) electrons. The number of rotatable bonds is 7. The van der Waals surface area contributed by atoms with Crippen molar-refractivity contribution in [3.8, 4) is 17.2 Å². The van der Waals surface area contributed by atoms with Gasteiger partial charge in [-0.1, -0.05) is 18.2 Å². The van der Waals surface area contributed by atoms with Crippen LogP contribution < -0.4 is 24.4 Å². The summed E-state index contributed by atoms with van der Waals surface area (Å²) in [7, 11) is 1.70. The Morgan fingerprint density at radius 2 is 1.88 bits per heavy atom. The molecule has 1 fully saturated rings. The molecular formula is C26H28N4O4. The van der Waals surface area contributed by atoms with Crippen molar-refractivity contribution in [2.24, 2.45) is 0 Å². The van der Waals surface area contributed by atoms with Crippen LogP contribution in [0.2, 0.25) is 0 Å². The molecule has 34 heavy (non-hydrogen) atoms. The summed E-state index contributed by atoms with van der Waals surface area (Å²) in [4.78, 5) is 22.0. The molecule has 8 nitrogen and oxygen atoms in total. The molecule has 0 aliphatic carbocycles. The molecule has 8 heteroatoms. The number of hydrogen-bond donors (Lipinski definition) is 1. The number of anilines is 1. The Morgan fingerprint density at radius 1 is 1.06 bits per heavy atom. The van der Waals surface area contributed by atoms with Crippen molar-refractivity contribution < 1.29 is 19.0 Å². The number of piperazine rings is 1. The number of nitrogens with zero attached hydrogens (tertiary/aromatic N) is 3. The SMILES string of the molecule is COc1ccccc1N1CCN([C@@H](CNC(=O)c2ccc3c(c2)OCO3)c2cccnc2)CC1. The second kappa shape index (κ2) is 10.0. The molecular weight excluding hydrogens is 432 g/mol. The van der Waals surface area contributed by atoms with E-state index in [1.54, 1.807) is 31.5 Å². The van der Waals surface area contributed by atoms with E-state index in [-0.39, 0.29) is 18.7 Å². The number of methoxy groups -OCH3 is 1. The van der Waals surface area contributed by atoms with Crippen molar-refractivity contribution in [3.63, 3.8) is 0 Å². The zero-order valence-corrected chi connectivity index (χ0v) is 19.1. The number of hydrogen-bond acceptors (Lipinski definition) is 7. The van der Waals surface area contributed by atoms with Crippen molar-refractivity contribution in [1.82, 2.24) is 15.2 Å². The van der Waals surface area contributed by atoms with E-state index in [4.69, 9.17) is 14.2 Å². The number of aromatic nitrogens is 1. The Bertz CT molecular complexity index is 1130. The van der Waals surface area contributed by atoms with Crippen LogP contribution in [0.5, 0.6) is 17.2 Å². The second-order valence-electron chi connectivity index (χ2n) is 8.28. The molecule has 0 bridgehead atoms. The fraction of sp³-hybridized carbons (Fsp3) is 0.308. The molecule has 1 atom stereocenters. The first-order chi connectivity index (χ1) is 16.7. The lowest BCUT2D eigenvalue weighted by Crippen LogP contribution is -2.50. The van der Waals surface area contributed by atoms with E-state index in [1.165, 1.54) is 0 Å². The second-order valence-corrected chi connectivity index (χ2v) is 8.28. The lowest BCUT2D eigenvalue weighted by Gasteiger charge is -2.40. The maximum absolute atomic E-state index is 12.9. The van der Waals surface area contributed by atoms with Crippen LogP contribution in [0.25, 0.3) is 0 Å². The Labute approximate surface area is 199 Å². The van der Waals surface area contributed by atoms with Crippen LogP contribution in [0.4, 0.5) is 5.69 Å². The van der Waals surface area contributed by atoms with E-state index >= 15 is 0 Å². The van der Waals surface area contributed by atoms with Gasteiger partial charge < -0.3 is 24.4 Å². The first-order valence-corrected chi connectivity index (χ1v) is 11.4. The number of para-hydroxylation sites is 2. The highest BCUT2D eigenvalue weighted by Gasteiger charge is 2.27. The molecule has 1 amide bonds. The maximum atomic E-state index is 12.9. The third kappa shape index (κ3) is 4.63. The largest absolute Gasteiger partial charge is 0.495 e. The summed E-state index contributed by atoms with van der Waals surface area (Å²) in [6, 6.07) is 17.4. The predicted molar refractivity (Wildman–Crippen MR) is 129 cm³/mol. The molecule has 2 aliphatic heterocycles. The highest BCUT2D eigenvalue weighted by Crippen LogP contribution is 2.33. The Morgan fingerprint density at radius 3 is 2.68 bits per heavy atom. The van der Waals surface area contributed by atoms with Crippen molar-refractivity contribution in [1.29, 1.82) is 0 Å². The fourth-order valence-electron chi connectivity index (χ4n) is 4.53. The minimum Gasteiger partial charge on any atom is -0.495 e. The maximum Gasteiger partial charge on any atom is 0.251 e. The minimum atomic E-state index is -0.139. The average Bonchev–Trinajstić information content (AvgIpc) is 3.38. The van der Waals surface area contributed by atoms with Gasteiger partial charge in [0.1, 0.15) is 5.75 Å². The van der Waals surface area contributed by atoms with E-state index in [0.29, 0.717) is 23.6 Å². The van der Waals surface area contributed by atoms with Gasteiger partial charge in [0.25, 0.3) is 5.91 Å². The number of nitrogens with one attached hydrogen (secondary N) is 1. The van der Waals surface area contributed by atoms with Gasteiger partial charge in [0.15, 0.2) is 11.5 Å². The molecule has 0 unspecified atom stereocenters. The summed E-state index contributed by atoms with van der Waals surface area (Å²) in [5, 5.41) is 3.11. The summed E-state index contributed by atoms with van der Waals surface area (Å²) >= 11 is 0. The van der Waals surface area contributed by atoms with Crippen molar-refractivity contribution in [3.05, 3.63) is 78.1 Å². The number of carbonyl (C=O) groups is 1. The third-order valence-electron chi connectivity index (χ3n) is 6.34. The van der Waals surface area contributed by atoms with Crippen LogP contribution in [-0.2, 0) is 0 Å². The number of ether oxygens (including phenoxy) is 3. The van der Waals surface area contributed by atoms with Gasteiger partial charge in [0, 0.05) is 50.7 Å². The van der Waals surface area contributed by atoms with Gasteiger partial charge >= 0.3 is 0 Å². The Kier molecular flexibility index (Phi) is 6.49. The number of amides is 1. The molecule has 3 heterocycles. The summed E-state index contributed by atoms with van der Waals surface area (Å²) in [6.45, 7) is 4.12. The van der Waals surface area contributed by atoms with Crippen LogP contribution in [-0.4, -0.2) is 62.4 Å². The smallest absolute Gasteiger partial charge is 0.251 e. The van der Waals surface area contributed by atoms with E-state index in [0.717, 1.165) is 43.2 Å². The van der Waals surface area contributed by atoms with Gasteiger partial charge in [-0.05, 0) is 42.0 Å². The minimum absolute atomic E-state index is 0.0199. The van der Waals surface area contributed by atoms with E-state index in [1.807, 2.05) is 30.5 Å².